The molecule has 104 valence electrons. The number of carbonyl (C=O) groups is 2. The van der Waals surface area contributed by atoms with Gasteiger partial charge in [-0.05, 0) is 18.8 Å². The van der Waals surface area contributed by atoms with Gasteiger partial charge in [0.15, 0.2) is 0 Å². The third kappa shape index (κ3) is 4.02. The lowest BCUT2D eigenvalue weighted by molar-refractivity contribution is -0.137. The Morgan fingerprint density at radius 3 is 2.84 bits per heavy atom. The van der Waals surface area contributed by atoms with Crippen molar-refractivity contribution in [2.24, 2.45) is 11.7 Å². The van der Waals surface area contributed by atoms with E-state index in [0.717, 1.165) is 12.8 Å². The fourth-order valence-electron chi connectivity index (χ4n) is 1.93. The molecule has 2 rings (SSSR count). The van der Waals surface area contributed by atoms with Crippen LogP contribution in [0.2, 0.25) is 0 Å². The maximum absolute atomic E-state index is 11.8. The Morgan fingerprint density at radius 2 is 2.32 bits per heavy atom. The fourth-order valence-corrected chi connectivity index (χ4v) is 1.93. The third-order valence-corrected chi connectivity index (χ3v) is 3.03. The van der Waals surface area contributed by atoms with Crippen molar-refractivity contribution in [1.82, 2.24) is 20.3 Å². The van der Waals surface area contributed by atoms with Crippen molar-refractivity contribution in [1.29, 1.82) is 0 Å². The lowest BCUT2D eigenvalue weighted by Crippen LogP contribution is -2.39. The van der Waals surface area contributed by atoms with Crippen LogP contribution < -0.4 is 11.1 Å². The summed E-state index contributed by atoms with van der Waals surface area (Å²) in [5.74, 6) is -0.870. The summed E-state index contributed by atoms with van der Waals surface area (Å²) in [7, 11) is 0. The average molecular weight is 267 g/mol. The van der Waals surface area contributed by atoms with Gasteiger partial charge >= 0.3 is 5.97 Å². The Balaban J connectivity index is 1.86. The van der Waals surface area contributed by atoms with Crippen LogP contribution in [-0.4, -0.2) is 38.0 Å². The summed E-state index contributed by atoms with van der Waals surface area (Å²) in [6.07, 6.45) is 3.50. The first kappa shape index (κ1) is 13.5. The number of hydrogen-bond donors (Lipinski definition) is 3. The maximum atomic E-state index is 11.8. The van der Waals surface area contributed by atoms with E-state index < -0.39 is 5.97 Å². The van der Waals surface area contributed by atoms with Gasteiger partial charge in [-0.1, -0.05) is 5.21 Å². The molecular weight excluding hydrogens is 250 g/mol. The van der Waals surface area contributed by atoms with E-state index in [9.17, 15) is 9.59 Å². The highest BCUT2D eigenvalue weighted by molar-refractivity contribution is 5.77. The quantitative estimate of drug-likeness (QED) is 0.588. The van der Waals surface area contributed by atoms with E-state index in [1.54, 1.807) is 6.20 Å². The molecule has 1 aromatic heterocycles. The van der Waals surface area contributed by atoms with Crippen LogP contribution in [0.3, 0.4) is 0 Å². The number of nitrogens with one attached hydrogen (secondary N) is 1. The first-order chi connectivity index (χ1) is 9.08. The van der Waals surface area contributed by atoms with E-state index in [1.165, 1.54) is 4.68 Å². The summed E-state index contributed by atoms with van der Waals surface area (Å²) in [6.45, 7) is 0.293. The van der Waals surface area contributed by atoms with Gasteiger partial charge in [-0.15, -0.1) is 5.10 Å². The van der Waals surface area contributed by atoms with E-state index in [0.29, 0.717) is 5.69 Å². The predicted octanol–water partition coefficient (Wildman–Crippen LogP) is -0.894. The number of aromatic nitrogens is 3. The molecule has 1 atom stereocenters. The highest BCUT2D eigenvalue weighted by atomic mass is 16.4. The Kier molecular flexibility index (Phi) is 4.10. The van der Waals surface area contributed by atoms with E-state index in [2.05, 4.69) is 15.6 Å². The van der Waals surface area contributed by atoms with Gasteiger partial charge in [-0.3, -0.25) is 9.59 Å². The minimum Gasteiger partial charge on any atom is -0.481 e. The van der Waals surface area contributed by atoms with Gasteiger partial charge in [0.25, 0.3) is 0 Å². The van der Waals surface area contributed by atoms with Gasteiger partial charge in [0.1, 0.15) is 6.54 Å². The Bertz CT molecular complexity index is 469. The van der Waals surface area contributed by atoms with Gasteiger partial charge in [0, 0.05) is 12.6 Å². The number of carbonyl (C=O) groups excluding carboxylic acids is 1. The first-order valence-corrected chi connectivity index (χ1v) is 6.18. The Morgan fingerprint density at radius 1 is 1.58 bits per heavy atom. The second kappa shape index (κ2) is 5.79. The molecule has 1 saturated carbocycles. The van der Waals surface area contributed by atoms with Crippen molar-refractivity contribution in [3.63, 3.8) is 0 Å². The standard InChI is InChI=1S/C11H17N5O3/c12-4-8-5-16(15-14-8)6-10(17)13-9(3-11(18)19)7-1-2-7/h5,7,9H,1-4,6,12H2,(H,13,17)(H,18,19). The molecular formula is C11H17N5O3. The van der Waals surface area contributed by atoms with E-state index in [4.69, 9.17) is 10.8 Å². The molecule has 1 unspecified atom stereocenters. The van der Waals surface area contributed by atoms with Crippen LogP contribution in [0.4, 0.5) is 0 Å². The molecule has 1 aliphatic carbocycles. The van der Waals surface area contributed by atoms with Gasteiger partial charge < -0.3 is 16.2 Å². The molecule has 0 aliphatic heterocycles. The van der Waals surface area contributed by atoms with Crippen molar-refractivity contribution in [3.8, 4) is 0 Å². The van der Waals surface area contributed by atoms with Crippen molar-refractivity contribution in [2.45, 2.75) is 38.4 Å². The van der Waals surface area contributed by atoms with Gasteiger partial charge in [0.2, 0.25) is 5.91 Å². The summed E-state index contributed by atoms with van der Waals surface area (Å²) in [4.78, 5) is 22.5. The van der Waals surface area contributed by atoms with Crippen molar-refractivity contribution < 1.29 is 14.7 Å². The molecule has 8 nitrogen and oxygen atoms in total. The highest BCUT2D eigenvalue weighted by Gasteiger charge is 2.33. The normalized spacial score (nSPS) is 16.1. The average Bonchev–Trinajstić information content (AvgIpc) is 3.09. The van der Waals surface area contributed by atoms with E-state index in [-0.39, 0.29) is 37.4 Å². The van der Waals surface area contributed by atoms with Crippen LogP contribution in [-0.2, 0) is 22.7 Å². The summed E-state index contributed by atoms with van der Waals surface area (Å²) in [6, 6.07) is -0.289. The van der Waals surface area contributed by atoms with Crippen LogP contribution in [0, 0.1) is 5.92 Å². The molecule has 0 saturated heterocycles. The summed E-state index contributed by atoms with van der Waals surface area (Å²) in [5, 5.41) is 19.1. The zero-order valence-electron chi connectivity index (χ0n) is 10.5. The molecule has 0 aromatic carbocycles. The molecule has 0 radical (unpaired) electrons. The molecule has 1 fully saturated rings. The SMILES string of the molecule is NCc1cn(CC(=O)NC(CC(=O)O)C2CC2)nn1. The number of nitrogens with zero attached hydrogens (tertiary/aromatic N) is 3. The van der Waals surface area contributed by atoms with Crippen LogP contribution in [0.5, 0.6) is 0 Å². The van der Waals surface area contributed by atoms with Gasteiger partial charge in [-0.25, -0.2) is 4.68 Å². The Labute approximate surface area is 110 Å². The summed E-state index contributed by atoms with van der Waals surface area (Å²) in [5.41, 5.74) is 6.00. The van der Waals surface area contributed by atoms with Crippen molar-refractivity contribution in [3.05, 3.63) is 11.9 Å². The maximum Gasteiger partial charge on any atom is 0.305 e. The van der Waals surface area contributed by atoms with Crippen LogP contribution in [0.1, 0.15) is 25.0 Å². The smallest absolute Gasteiger partial charge is 0.305 e. The molecule has 1 heterocycles. The number of aliphatic carboxylic acids is 1. The predicted molar refractivity (Wildman–Crippen MR) is 64.8 cm³/mol. The molecule has 1 amide bonds. The number of rotatable bonds is 7. The minimum atomic E-state index is -0.900. The second-order valence-electron chi connectivity index (χ2n) is 4.72. The van der Waals surface area contributed by atoms with Crippen molar-refractivity contribution >= 4 is 11.9 Å². The third-order valence-electron chi connectivity index (χ3n) is 3.03. The van der Waals surface area contributed by atoms with Gasteiger partial charge in [-0.2, -0.15) is 0 Å². The largest absolute Gasteiger partial charge is 0.481 e. The number of hydrogen-bond acceptors (Lipinski definition) is 5. The van der Waals surface area contributed by atoms with Crippen LogP contribution in [0.15, 0.2) is 6.20 Å². The first-order valence-electron chi connectivity index (χ1n) is 6.18. The summed E-state index contributed by atoms with van der Waals surface area (Å²) < 4.78 is 1.39. The number of amides is 1. The molecule has 0 spiro atoms. The minimum absolute atomic E-state index is 0.0236. The Hall–Kier alpha value is -1.96. The number of nitrogens with two attached hydrogens (primary N) is 1. The molecule has 8 heteroatoms. The van der Waals surface area contributed by atoms with Crippen LogP contribution in [0.25, 0.3) is 0 Å². The van der Waals surface area contributed by atoms with E-state index in [1.807, 2.05) is 0 Å². The number of carboxylic acid groups (broad SMARTS) is 1. The highest BCUT2D eigenvalue weighted by Crippen LogP contribution is 2.33. The molecule has 4 N–H and O–H groups in total. The molecule has 19 heavy (non-hydrogen) atoms. The zero-order valence-corrected chi connectivity index (χ0v) is 10.5. The topological polar surface area (TPSA) is 123 Å². The molecule has 1 aromatic rings. The lowest BCUT2D eigenvalue weighted by atomic mass is 10.1. The monoisotopic (exact) mass is 267 g/mol. The number of carboxylic acids is 1. The molecule has 0 bridgehead atoms. The zero-order chi connectivity index (χ0) is 13.8. The summed E-state index contributed by atoms with van der Waals surface area (Å²) >= 11 is 0. The van der Waals surface area contributed by atoms with E-state index >= 15 is 0 Å². The lowest BCUT2D eigenvalue weighted by Gasteiger charge is -2.15. The van der Waals surface area contributed by atoms with Gasteiger partial charge in [0.05, 0.1) is 18.3 Å². The van der Waals surface area contributed by atoms with Crippen molar-refractivity contribution in [2.75, 3.05) is 0 Å². The second-order valence-corrected chi connectivity index (χ2v) is 4.72. The fraction of sp³-hybridized carbons (Fsp3) is 0.636. The molecule has 1 aliphatic rings. The van der Waals surface area contributed by atoms with Crippen LogP contribution >= 0.6 is 0 Å².